The number of rotatable bonds is 6. The predicted molar refractivity (Wildman–Crippen MR) is 114 cm³/mol. The molecule has 0 N–H and O–H groups in total. The lowest BCUT2D eigenvalue weighted by molar-refractivity contribution is 0.0518. The van der Waals surface area contributed by atoms with Crippen molar-refractivity contribution in [3.8, 4) is 0 Å². The highest BCUT2D eigenvalue weighted by molar-refractivity contribution is 7.99. The lowest BCUT2D eigenvalue weighted by Crippen LogP contribution is -2.16. The van der Waals surface area contributed by atoms with Gasteiger partial charge >= 0.3 is 5.97 Å². The van der Waals surface area contributed by atoms with Crippen molar-refractivity contribution < 1.29 is 9.53 Å². The summed E-state index contributed by atoms with van der Waals surface area (Å²) in [4.78, 5) is 12.0. The molecule has 1 aromatic heterocycles. The van der Waals surface area contributed by atoms with E-state index in [-0.39, 0.29) is 0 Å². The zero-order chi connectivity index (χ0) is 19.4. The number of halogens is 2. The van der Waals surface area contributed by atoms with Crippen LogP contribution in [0, 0.1) is 0 Å². The number of carbonyl (C=O) groups excluding carboxylic acids is 1. The maximum absolute atomic E-state index is 12.0. The van der Waals surface area contributed by atoms with Gasteiger partial charge in [0.25, 0.3) is 0 Å². The van der Waals surface area contributed by atoms with Gasteiger partial charge in [-0.15, -0.1) is 5.10 Å². The largest absolute Gasteiger partial charge is 0.461 e. The molecular formula is C18H22Cl2N3O2PS. The molecule has 146 valence electrons. The number of carbonyl (C=O) groups is 1. The van der Waals surface area contributed by atoms with E-state index < -0.39 is 5.97 Å². The third kappa shape index (κ3) is 5.38. The third-order valence-electron chi connectivity index (χ3n) is 4.75. The molecule has 1 aromatic carbocycles. The van der Waals surface area contributed by atoms with Crippen LogP contribution in [0.2, 0.25) is 10.0 Å². The molecule has 1 aliphatic carbocycles. The highest BCUT2D eigenvalue weighted by Gasteiger charge is 2.25. The van der Waals surface area contributed by atoms with Gasteiger partial charge in [-0.2, -0.15) is 11.8 Å². The van der Waals surface area contributed by atoms with Crippen LogP contribution in [0.3, 0.4) is 0 Å². The Morgan fingerprint density at radius 3 is 2.56 bits per heavy atom. The fraction of sp³-hybridized carbons (Fsp3) is 0.500. The normalized spacial score (nSPS) is 19.9. The Morgan fingerprint density at radius 2 is 1.93 bits per heavy atom. The minimum absolute atomic E-state index is 0.307. The molecule has 1 heterocycles. The van der Waals surface area contributed by atoms with Crippen molar-refractivity contribution in [3.63, 3.8) is 0 Å². The first-order valence-corrected chi connectivity index (χ1v) is 11.2. The van der Waals surface area contributed by atoms with E-state index >= 15 is 0 Å². The zero-order valence-electron chi connectivity index (χ0n) is 15.0. The van der Waals surface area contributed by atoms with Crippen LogP contribution < -0.4 is 0 Å². The Bertz CT molecular complexity index is 790. The van der Waals surface area contributed by atoms with E-state index in [0.717, 1.165) is 31.4 Å². The summed E-state index contributed by atoms with van der Waals surface area (Å²) < 4.78 is 6.64. The van der Waals surface area contributed by atoms with Crippen LogP contribution in [-0.2, 0) is 10.5 Å². The second-order valence-electron chi connectivity index (χ2n) is 6.54. The Labute approximate surface area is 175 Å². The molecule has 0 aliphatic heterocycles. The maximum atomic E-state index is 12.0. The minimum atomic E-state index is -0.414. The SMILES string of the molecule is CCOC(=O)c1nnn(P)c1CSC1CCC(c2cc(Cl)cc(Cl)c2)CC1. The Morgan fingerprint density at radius 1 is 1.26 bits per heavy atom. The molecule has 9 heteroatoms. The van der Waals surface area contributed by atoms with Crippen LogP contribution in [0.15, 0.2) is 18.2 Å². The lowest BCUT2D eigenvalue weighted by atomic mass is 9.84. The summed E-state index contributed by atoms with van der Waals surface area (Å²) >= 11 is 14.1. The van der Waals surface area contributed by atoms with E-state index in [0.29, 0.717) is 39.3 Å². The summed E-state index contributed by atoms with van der Waals surface area (Å²) in [5, 5.41) is 9.83. The Hall–Kier alpha value is -0.810. The van der Waals surface area contributed by atoms with Gasteiger partial charge in [-0.3, -0.25) is 0 Å². The first-order chi connectivity index (χ1) is 13.0. The van der Waals surface area contributed by atoms with Crippen molar-refractivity contribution in [3.05, 3.63) is 45.2 Å². The van der Waals surface area contributed by atoms with Gasteiger partial charge in [0, 0.05) is 21.0 Å². The van der Waals surface area contributed by atoms with Gasteiger partial charge in [-0.05, 0) is 71.7 Å². The molecule has 3 rings (SSSR count). The zero-order valence-corrected chi connectivity index (χ0v) is 18.5. The smallest absolute Gasteiger partial charge is 0.360 e. The number of ether oxygens (including phenoxy) is 1. The number of aromatic nitrogens is 3. The first kappa shape index (κ1) is 20.9. The van der Waals surface area contributed by atoms with E-state index in [1.807, 2.05) is 23.9 Å². The molecule has 0 amide bonds. The number of benzene rings is 1. The van der Waals surface area contributed by atoms with Crippen LogP contribution in [0.5, 0.6) is 0 Å². The fourth-order valence-electron chi connectivity index (χ4n) is 3.38. The average Bonchev–Trinajstić information content (AvgIpc) is 3.00. The van der Waals surface area contributed by atoms with Gasteiger partial charge in [0.05, 0.1) is 12.3 Å². The molecule has 2 aromatic rings. The van der Waals surface area contributed by atoms with Crippen LogP contribution in [0.4, 0.5) is 0 Å². The van der Waals surface area contributed by atoms with Gasteiger partial charge in [-0.25, -0.2) is 9.25 Å². The molecule has 0 radical (unpaired) electrons. The highest BCUT2D eigenvalue weighted by Crippen LogP contribution is 2.40. The van der Waals surface area contributed by atoms with Crippen LogP contribution in [0.25, 0.3) is 0 Å². The Balaban J connectivity index is 1.56. The van der Waals surface area contributed by atoms with Crippen molar-refractivity contribution in [2.75, 3.05) is 6.61 Å². The van der Waals surface area contributed by atoms with E-state index in [2.05, 4.69) is 19.7 Å². The summed E-state index contributed by atoms with van der Waals surface area (Å²) in [7, 11) is 2.48. The molecule has 1 aliphatic rings. The molecule has 27 heavy (non-hydrogen) atoms. The Kier molecular flexibility index (Phi) is 7.43. The number of hydrogen-bond donors (Lipinski definition) is 0. The molecule has 1 fully saturated rings. The van der Waals surface area contributed by atoms with Crippen molar-refractivity contribution in [1.82, 2.24) is 14.8 Å². The lowest BCUT2D eigenvalue weighted by Gasteiger charge is -2.28. The summed E-state index contributed by atoms with van der Waals surface area (Å²) in [6.07, 6.45) is 4.45. The first-order valence-electron chi connectivity index (χ1n) is 8.92. The van der Waals surface area contributed by atoms with Gasteiger partial charge in [0.2, 0.25) is 0 Å². The molecule has 1 saturated carbocycles. The number of hydrogen-bond acceptors (Lipinski definition) is 5. The summed E-state index contributed by atoms with van der Waals surface area (Å²) in [5.41, 5.74) is 2.32. The highest BCUT2D eigenvalue weighted by atomic mass is 35.5. The molecule has 0 bridgehead atoms. The fourth-order valence-corrected chi connectivity index (χ4v) is 5.58. The van der Waals surface area contributed by atoms with E-state index in [9.17, 15) is 4.79 Å². The van der Waals surface area contributed by atoms with Gasteiger partial charge < -0.3 is 4.74 Å². The van der Waals surface area contributed by atoms with Crippen molar-refractivity contribution >= 4 is 50.3 Å². The number of nitrogens with zero attached hydrogens (tertiary/aromatic N) is 3. The van der Waals surface area contributed by atoms with Crippen LogP contribution >= 0.6 is 44.4 Å². The van der Waals surface area contributed by atoms with E-state index in [1.165, 1.54) is 5.56 Å². The van der Waals surface area contributed by atoms with Crippen molar-refractivity contribution in [2.24, 2.45) is 0 Å². The van der Waals surface area contributed by atoms with Crippen LogP contribution in [0.1, 0.15) is 60.3 Å². The second-order valence-corrected chi connectivity index (χ2v) is 9.19. The van der Waals surface area contributed by atoms with E-state index in [1.54, 1.807) is 17.4 Å². The molecule has 5 nitrogen and oxygen atoms in total. The summed E-state index contributed by atoms with van der Waals surface area (Å²) in [5.74, 6) is 0.772. The molecule has 0 spiro atoms. The monoisotopic (exact) mass is 445 g/mol. The summed E-state index contributed by atoms with van der Waals surface area (Å²) in [6.45, 7) is 2.11. The standard InChI is InChI=1S/C18H22Cl2N3O2PS/c1-2-25-18(24)17-16(23(26)22-21-17)10-27-15-5-3-11(4-6-15)12-7-13(19)9-14(20)8-12/h7-9,11,15H,2-6,10,26H2,1H3. The number of thioether (sulfide) groups is 1. The quantitative estimate of drug-likeness (QED) is 0.442. The predicted octanol–water partition coefficient (Wildman–Crippen LogP) is 5.36. The maximum Gasteiger partial charge on any atom is 0.360 e. The average molecular weight is 446 g/mol. The summed E-state index contributed by atoms with van der Waals surface area (Å²) in [6, 6.07) is 5.82. The topological polar surface area (TPSA) is 57.0 Å². The third-order valence-corrected chi connectivity index (χ3v) is 6.98. The molecule has 1 atom stereocenters. The minimum Gasteiger partial charge on any atom is -0.461 e. The van der Waals surface area contributed by atoms with Crippen molar-refractivity contribution in [1.29, 1.82) is 0 Å². The molecule has 0 saturated heterocycles. The molecule has 1 unspecified atom stereocenters. The number of esters is 1. The van der Waals surface area contributed by atoms with Gasteiger partial charge in [0.1, 0.15) is 0 Å². The van der Waals surface area contributed by atoms with E-state index in [4.69, 9.17) is 27.9 Å². The van der Waals surface area contributed by atoms with Crippen LogP contribution in [-0.4, -0.2) is 32.6 Å². The van der Waals surface area contributed by atoms with Gasteiger partial charge in [0.15, 0.2) is 5.69 Å². The van der Waals surface area contributed by atoms with Crippen molar-refractivity contribution in [2.45, 2.75) is 49.5 Å². The molecular weight excluding hydrogens is 424 g/mol. The second kappa shape index (κ2) is 9.60. The van der Waals surface area contributed by atoms with Gasteiger partial charge in [-0.1, -0.05) is 28.4 Å².